The van der Waals surface area contributed by atoms with Crippen LogP contribution in [-0.2, 0) is 4.79 Å². The van der Waals surface area contributed by atoms with Crippen molar-refractivity contribution >= 4 is 11.7 Å². The van der Waals surface area contributed by atoms with Crippen LogP contribution in [0, 0.1) is 0 Å². The lowest BCUT2D eigenvalue weighted by Crippen LogP contribution is -2.48. The zero-order valence-electron chi connectivity index (χ0n) is 4.72. The Morgan fingerprint density at radius 1 is 1.67 bits per heavy atom. The van der Waals surface area contributed by atoms with Crippen molar-refractivity contribution in [3.8, 4) is 0 Å². The Bertz CT molecular complexity index is 154. The predicted molar refractivity (Wildman–Crippen MR) is 30.7 cm³/mol. The van der Waals surface area contributed by atoms with E-state index in [1.165, 1.54) is 0 Å². The Labute approximate surface area is 51.7 Å². The van der Waals surface area contributed by atoms with Crippen molar-refractivity contribution in [3.63, 3.8) is 0 Å². The number of rotatable bonds is 1. The first kappa shape index (κ1) is 6.03. The number of hydrazine groups is 1. The van der Waals surface area contributed by atoms with Crippen LogP contribution in [-0.4, -0.2) is 30.0 Å². The molecule has 0 saturated heterocycles. The maximum Gasteiger partial charge on any atom is 0.260 e. The third-order valence-corrected chi connectivity index (χ3v) is 0.910. The van der Waals surface area contributed by atoms with Crippen LogP contribution in [0.1, 0.15) is 0 Å². The molecule has 0 unspecified atom stereocenters. The molecular weight excluding hydrogens is 122 g/mol. The van der Waals surface area contributed by atoms with Gasteiger partial charge >= 0.3 is 0 Å². The average Bonchev–Trinajstić information content (AvgIpc) is 1.90. The molecular formula is C4H7N3O2. The van der Waals surface area contributed by atoms with E-state index < -0.39 is 0 Å². The minimum Gasteiger partial charge on any atom is -0.388 e. The summed E-state index contributed by atoms with van der Waals surface area (Å²) in [7, 11) is 0. The molecule has 0 aliphatic carbocycles. The van der Waals surface area contributed by atoms with Gasteiger partial charge in [0, 0.05) is 0 Å². The number of nitrogens with zero attached hydrogens (tertiary/aromatic N) is 1. The quantitative estimate of drug-likeness (QED) is 0.384. The largest absolute Gasteiger partial charge is 0.388 e. The molecule has 9 heavy (non-hydrogen) atoms. The van der Waals surface area contributed by atoms with Gasteiger partial charge < -0.3 is 5.11 Å². The molecule has 0 bridgehead atoms. The third kappa shape index (κ3) is 1.39. The summed E-state index contributed by atoms with van der Waals surface area (Å²) in [5.41, 5.74) is 4.72. The van der Waals surface area contributed by atoms with Crippen molar-refractivity contribution in [2.24, 2.45) is 4.99 Å². The van der Waals surface area contributed by atoms with E-state index in [4.69, 9.17) is 5.11 Å². The number of amidine groups is 1. The summed E-state index contributed by atoms with van der Waals surface area (Å²) in [6.45, 7) is -0.0663. The van der Waals surface area contributed by atoms with Crippen molar-refractivity contribution in [2.45, 2.75) is 0 Å². The van der Waals surface area contributed by atoms with Crippen LogP contribution in [0.25, 0.3) is 0 Å². The molecule has 0 spiro atoms. The number of aliphatic imine (C=N–C) groups is 1. The molecule has 1 aliphatic rings. The Balaban J connectivity index is 2.50. The minimum atomic E-state index is -0.188. The van der Waals surface area contributed by atoms with Gasteiger partial charge in [-0.3, -0.25) is 20.6 Å². The highest BCUT2D eigenvalue weighted by atomic mass is 16.3. The summed E-state index contributed by atoms with van der Waals surface area (Å²) < 4.78 is 0. The molecule has 5 nitrogen and oxygen atoms in total. The first-order valence-corrected chi connectivity index (χ1v) is 2.52. The van der Waals surface area contributed by atoms with Crippen LogP contribution in [0.15, 0.2) is 4.99 Å². The molecule has 1 aliphatic heterocycles. The van der Waals surface area contributed by atoms with Crippen molar-refractivity contribution < 1.29 is 9.90 Å². The lowest BCUT2D eigenvalue weighted by atomic mass is 10.5. The smallest absolute Gasteiger partial charge is 0.260 e. The maximum absolute atomic E-state index is 10.4. The highest BCUT2D eigenvalue weighted by Crippen LogP contribution is 1.79. The molecule has 0 radical (unpaired) electrons. The molecule has 0 atom stereocenters. The molecule has 1 heterocycles. The molecule has 0 aromatic heterocycles. The lowest BCUT2D eigenvalue weighted by molar-refractivity contribution is -0.120. The van der Waals surface area contributed by atoms with Crippen molar-refractivity contribution in [1.82, 2.24) is 10.9 Å². The minimum absolute atomic E-state index is 0.100. The predicted octanol–water partition coefficient (Wildman–Crippen LogP) is -1.99. The highest BCUT2D eigenvalue weighted by molar-refractivity contribution is 5.91. The lowest BCUT2D eigenvalue weighted by Gasteiger charge is -2.12. The van der Waals surface area contributed by atoms with Crippen LogP contribution in [0.3, 0.4) is 0 Å². The van der Waals surface area contributed by atoms with Gasteiger partial charge in [-0.1, -0.05) is 0 Å². The van der Waals surface area contributed by atoms with Gasteiger partial charge in [0.1, 0.15) is 19.0 Å². The number of carbonyl (C=O) groups is 1. The van der Waals surface area contributed by atoms with Crippen LogP contribution in [0.4, 0.5) is 0 Å². The number of nitrogens with one attached hydrogen (secondary N) is 2. The summed E-state index contributed by atoms with van der Waals surface area (Å²) in [5, 5.41) is 8.43. The van der Waals surface area contributed by atoms with Crippen LogP contribution in [0.5, 0.6) is 0 Å². The van der Waals surface area contributed by atoms with Crippen molar-refractivity contribution in [1.29, 1.82) is 0 Å². The number of amides is 1. The van der Waals surface area contributed by atoms with Crippen molar-refractivity contribution in [2.75, 3.05) is 13.2 Å². The number of aliphatic hydroxyl groups is 1. The Hall–Kier alpha value is -1.10. The van der Waals surface area contributed by atoms with E-state index in [0.717, 1.165) is 0 Å². The summed E-state index contributed by atoms with van der Waals surface area (Å²) in [4.78, 5) is 14.0. The zero-order chi connectivity index (χ0) is 6.69. The van der Waals surface area contributed by atoms with E-state index >= 15 is 0 Å². The summed E-state index contributed by atoms with van der Waals surface area (Å²) in [5.74, 6) is 0.210. The average molecular weight is 129 g/mol. The standard InChI is InChI=1S/C4H7N3O2/c8-2-3-5-1-4(9)7-6-3/h8H,1-2H2,(H,5,6)(H,7,9). The Morgan fingerprint density at radius 3 is 2.89 bits per heavy atom. The van der Waals surface area contributed by atoms with Gasteiger partial charge in [-0.2, -0.15) is 0 Å². The number of carbonyl (C=O) groups excluding carboxylic acids is 1. The van der Waals surface area contributed by atoms with Crippen LogP contribution >= 0.6 is 0 Å². The maximum atomic E-state index is 10.4. The molecule has 3 N–H and O–H groups in total. The van der Waals surface area contributed by atoms with E-state index in [-0.39, 0.29) is 19.1 Å². The van der Waals surface area contributed by atoms with Gasteiger partial charge in [-0.15, -0.1) is 0 Å². The fourth-order valence-electron chi connectivity index (χ4n) is 0.478. The normalized spacial score (nSPS) is 17.9. The van der Waals surface area contributed by atoms with Gasteiger partial charge in [0.05, 0.1) is 0 Å². The molecule has 0 aromatic carbocycles. The van der Waals surface area contributed by atoms with E-state index in [9.17, 15) is 4.79 Å². The van der Waals surface area contributed by atoms with Gasteiger partial charge in [0.25, 0.3) is 5.91 Å². The number of aliphatic hydroxyl groups excluding tert-OH is 1. The Morgan fingerprint density at radius 2 is 2.44 bits per heavy atom. The molecule has 5 heteroatoms. The monoisotopic (exact) mass is 129 g/mol. The second kappa shape index (κ2) is 2.45. The number of hydrogen-bond donors (Lipinski definition) is 3. The Kier molecular flexibility index (Phi) is 1.64. The first-order valence-electron chi connectivity index (χ1n) is 2.52. The zero-order valence-corrected chi connectivity index (χ0v) is 4.72. The fraction of sp³-hybridized carbons (Fsp3) is 0.500. The second-order valence-electron chi connectivity index (χ2n) is 1.59. The van der Waals surface area contributed by atoms with E-state index in [1.54, 1.807) is 0 Å². The van der Waals surface area contributed by atoms with E-state index in [0.29, 0.717) is 5.84 Å². The SMILES string of the molecule is O=C1CN=C(CO)NN1. The van der Waals surface area contributed by atoms with Gasteiger partial charge in [-0.25, -0.2) is 0 Å². The third-order valence-electron chi connectivity index (χ3n) is 0.910. The van der Waals surface area contributed by atoms with Crippen LogP contribution in [0.2, 0.25) is 0 Å². The first-order chi connectivity index (χ1) is 4.33. The van der Waals surface area contributed by atoms with Gasteiger partial charge in [-0.05, 0) is 0 Å². The van der Waals surface area contributed by atoms with Crippen LogP contribution < -0.4 is 10.9 Å². The van der Waals surface area contributed by atoms with E-state index in [2.05, 4.69) is 15.8 Å². The number of hydrogen-bond acceptors (Lipinski definition) is 4. The van der Waals surface area contributed by atoms with Crippen molar-refractivity contribution in [3.05, 3.63) is 0 Å². The topological polar surface area (TPSA) is 73.7 Å². The second-order valence-corrected chi connectivity index (χ2v) is 1.59. The van der Waals surface area contributed by atoms with Gasteiger partial charge in [0.15, 0.2) is 0 Å². The summed E-state index contributed by atoms with van der Waals surface area (Å²) in [6.07, 6.45) is 0. The molecule has 50 valence electrons. The molecule has 1 amide bonds. The van der Waals surface area contributed by atoms with Gasteiger partial charge in [0.2, 0.25) is 0 Å². The molecule has 0 aromatic rings. The molecule has 1 rings (SSSR count). The highest BCUT2D eigenvalue weighted by Gasteiger charge is 2.06. The van der Waals surface area contributed by atoms with E-state index in [1.807, 2.05) is 0 Å². The summed E-state index contributed by atoms with van der Waals surface area (Å²) >= 11 is 0. The summed E-state index contributed by atoms with van der Waals surface area (Å²) in [6, 6.07) is 0. The molecule has 0 fully saturated rings. The molecule has 0 saturated carbocycles. The fourth-order valence-corrected chi connectivity index (χ4v) is 0.478.